The molecule has 7 heteroatoms. The number of fused-ring (bicyclic) bond motifs is 1. The maximum Gasteiger partial charge on any atom is 0.306 e. The molecule has 0 radical (unpaired) electrons. The predicted molar refractivity (Wildman–Crippen MR) is 82.0 cm³/mol. The van der Waals surface area contributed by atoms with Gasteiger partial charge < -0.3 is 10.1 Å². The van der Waals surface area contributed by atoms with E-state index in [1.807, 2.05) is 6.07 Å². The highest BCUT2D eigenvalue weighted by Gasteiger charge is 2.28. The molecule has 0 aliphatic heterocycles. The minimum Gasteiger partial charge on any atom is -0.481 e. The summed E-state index contributed by atoms with van der Waals surface area (Å²) in [7, 11) is -3.58. The van der Waals surface area contributed by atoms with Crippen LogP contribution in [0, 0.1) is 5.92 Å². The van der Waals surface area contributed by atoms with Gasteiger partial charge in [-0.3, -0.25) is 4.79 Å². The molecule has 0 spiro atoms. The van der Waals surface area contributed by atoms with E-state index < -0.39 is 16.0 Å². The van der Waals surface area contributed by atoms with Gasteiger partial charge in [0.2, 0.25) is 10.0 Å². The van der Waals surface area contributed by atoms with Crippen LogP contribution in [-0.2, 0) is 14.8 Å². The second-order valence-electron chi connectivity index (χ2n) is 5.73. The number of aliphatic carboxylic acids is 1. The average Bonchev–Trinajstić information content (AvgIpc) is 2.94. The Morgan fingerprint density at radius 1 is 1.18 bits per heavy atom. The van der Waals surface area contributed by atoms with E-state index in [2.05, 4.69) is 9.71 Å². The Balaban J connectivity index is 1.72. The monoisotopic (exact) mass is 322 g/mol. The fourth-order valence-electron chi connectivity index (χ4n) is 2.94. The van der Waals surface area contributed by atoms with Crippen molar-refractivity contribution in [3.63, 3.8) is 0 Å². The molecule has 0 atom stereocenters. The Labute approximate surface area is 128 Å². The van der Waals surface area contributed by atoms with Gasteiger partial charge in [0, 0.05) is 23.1 Å². The van der Waals surface area contributed by atoms with Crippen molar-refractivity contribution in [1.82, 2.24) is 9.71 Å². The third-order valence-corrected chi connectivity index (χ3v) is 5.75. The molecule has 0 amide bonds. The number of hydrogen-bond donors (Lipinski definition) is 3. The minimum atomic E-state index is -3.58. The van der Waals surface area contributed by atoms with Gasteiger partial charge in [-0.25, -0.2) is 13.1 Å². The lowest BCUT2D eigenvalue weighted by Crippen LogP contribution is -2.38. The zero-order chi connectivity index (χ0) is 15.7. The van der Waals surface area contributed by atoms with Crippen molar-refractivity contribution in [2.24, 2.45) is 5.92 Å². The van der Waals surface area contributed by atoms with Crippen LogP contribution in [-0.4, -0.2) is 30.5 Å². The van der Waals surface area contributed by atoms with Gasteiger partial charge in [0.25, 0.3) is 0 Å². The van der Waals surface area contributed by atoms with Crippen LogP contribution in [0.2, 0.25) is 0 Å². The lowest BCUT2D eigenvalue weighted by atomic mass is 9.87. The van der Waals surface area contributed by atoms with Gasteiger partial charge in [-0.05, 0) is 49.9 Å². The van der Waals surface area contributed by atoms with Gasteiger partial charge in [-0.2, -0.15) is 0 Å². The van der Waals surface area contributed by atoms with Crippen molar-refractivity contribution in [3.05, 3.63) is 30.5 Å². The Kier molecular flexibility index (Phi) is 3.92. The van der Waals surface area contributed by atoms with E-state index in [9.17, 15) is 13.2 Å². The summed E-state index contributed by atoms with van der Waals surface area (Å²) in [4.78, 5) is 14.2. The highest BCUT2D eigenvalue weighted by atomic mass is 32.2. The van der Waals surface area contributed by atoms with E-state index in [1.165, 1.54) is 0 Å². The number of carboxylic acid groups (broad SMARTS) is 1. The first-order chi connectivity index (χ1) is 10.5. The van der Waals surface area contributed by atoms with Crippen LogP contribution in [0.25, 0.3) is 10.9 Å². The summed E-state index contributed by atoms with van der Waals surface area (Å²) in [6, 6.07) is 6.58. The average molecular weight is 322 g/mol. The van der Waals surface area contributed by atoms with Crippen LogP contribution >= 0.6 is 0 Å². The summed E-state index contributed by atoms with van der Waals surface area (Å²) in [5, 5.41) is 9.82. The van der Waals surface area contributed by atoms with Gasteiger partial charge in [-0.15, -0.1) is 0 Å². The van der Waals surface area contributed by atoms with Crippen LogP contribution < -0.4 is 4.72 Å². The minimum absolute atomic E-state index is 0.192. The largest absolute Gasteiger partial charge is 0.481 e. The molecule has 22 heavy (non-hydrogen) atoms. The number of benzene rings is 1. The van der Waals surface area contributed by atoms with E-state index in [0.29, 0.717) is 25.7 Å². The van der Waals surface area contributed by atoms with Crippen LogP contribution in [0.15, 0.2) is 35.4 Å². The second-order valence-corrected chi connectivity index (χ2v) is 7.45. The van der Waals surface area contributed by atoms with E-state index >= 15 is 0 Å². The smallest absolute Gasteiger partial charge is 0.306 e. The van der Waals surface area contributed by atoms with Crippen LogP contribution in [0.3, 0.4) is 0 Å². The number of aromatic nitrogens is 1. The lowest BCUT2D eigenvalue weighted by molar-refractivity contribution is -0.142. The van der Waals surface area contributed by atoms with Gasteiger partial charge >= 0.3 is 5.97 Å². The van der Waals surface area contributed by atoms with E-state index in [1.54, 1.807) is 24.4 Å². The molecule has 1 heterocycles. The van der Waals surface area contributed by atoms with Crippen molar-refractivity contribution >= 4 is 26.9 Å². The van der Waals surface area contributed by atoms with E-state index in [0.717, 1.165) is 10.9 Å². The number of nitrogens with one attached hydrogen (secondary N) is 2. The molecule has 1 fully saturated rings. The summed E-state index contributed by atoms with van der Waals surface area (Å²) in [5.74, 6) is -1.14. The summed E-state index contributed by atoms with van der Waals surface area (Å²) < 4.78 is 27.6. The van der Waals surface area contributed by atoms with E-state index in [-0.39, 0.29) is 16.9 Å². The fourth-order valence-corrected chi connectivity index (χ4v) is 4.28. The number of hydrogen-bond acceptors (Lipinski definition) is 3. The highest BCUT2D eigenvalue weighted by molar-refractivity contribution is 7.89. The summed E-state index contributed by atoms with van der Waals surface area (Å²) in [5.41, 5.74) is 0.890. The number of carboxylic acids is 1. The molecular formula is C15H18N2O4S. The van der Waals surface area contributed by atoms with Crippen LogP contribution in [0.1, 0.15) is 25.7 Å². The SMILES string of the molecule is O=C(O)C1CCC(NS(=O)(=O)c2ccc3[nH]ccc3c2)CC1. The van der Waals surface area contributed by atoms with Crippen molar-refractivity contribution in [1.29, 1.82) is 0 Å². The summed E-state index contributed by atoms with van der Waals surface area (Å²) in [6.45, 7) is 0. The number of sulfonamides is 1. The third-order valence-electron chi connectivity index (χ3n) is 4.23. The van der Waals surface area contributed by atoms with Crippen LogP contribution in [0.5, 0.6) is 0 Å². The quantitative estimate of drug-likeness (QED) is 0.802. The van der Waals surface area contributed by atoms with Crippen molar-refractivity contribution < 1.29 is 18.3 Å². The maximum atomic E-state index is 12.4. The molecule has 1 aromatic heterocycles. The predicted octanol–water partition coefficient (Wildman–Crippen LogP) is 2.09. The van der Waals surface area contributed by atoms with E-state index in [4.69, 9.17) is 5.11 Å². The zero-order valence-corrected chi connectivity index (χ0v) is 12.8. The molecule has 3 N–H and O–H groups in total. The highest BCUT2D eigenvalue weighted by Crippen LogP contribution is 2.26. The fraction of sp³-hybridized carbons (Fsp3) is 0.400. The Bertz CT molecular complexity index is 789. The molecule has 3 rings (SSSR count). The topological polar surface area (TPSA) is 99.3 Å². The van der Waals surface area contributed by atoms with Gasteiger partial charge in [0.15, 0.2) is 0 Å². The Morgan fingerprint density at radius 3 is 2.59 bits per heavy atom. The molecule has 0 unspecified atom stereocenters. The molecule has 1 aromatic carbocycles. The first-order valence-corrected chi connectivity index (χ1v) is 8.76. The lowest BCUT2D eigenvalue weighted by Gasteiger charge is -2.26. The molecule has 1 saturated carbocycles. The molecule has 6 nitrogen and oxygen atoms in total. The molecule has 1 aliphatic carbocycles. The van der Waals surface area contributed by atoms with Gasteiger partial charge in [0.05, 0.1) is 10.8 Å². The number of carbonyl (C=O) groups is 1. The molecule has 1 aliphatic rings. The van der Waals surface area contributed by atoms with Gasteiger partial charge in [-0.1, -0.05) is 0 Å². The molecule has 0 saturated heterocycles. The van der Waals surface area contributed by atoms with Crippen molar-refractivity contribution in [2.45, 2.75) is 36.6 Å². The second kappa shape index (κ2) is 5.73. The molecule has 118 valence electrons. The molecular weight excluding hydrogens is 304 g/mol. The first kappa shape index (κ1) is 15.1. The number of H-pyrrole nitrogens is 1. The van der Waals surface area contributed by atoms with Crippen molar-refractivity contribution in [2.75, 3.05) is 0 Å². The number of aromatic amines is 1. The summed E-state index contributed by atoms with van der Waals surface area (Å²) >= 11 is 0. The molecule has 0 bridgehead atoms. The Morgan fingerprint density at radius 2 is 1.91 bits per heavy atom. The summed E-state index contributed by atoms with van der Waals surface area (Å²) in [6.07, 6.45) is 3.91. The standard InChI is InChI=1S/C15H18N2O4S/c18-15(19)10-1-3-12(4-2-10)17-22(20,21)13-5-6-14-11(9-13)7-8-16-14/h5-10,12,16-17H,1-4H2,(H,18,19). The Hall–Kier alpha value is -1.86. The number of rotatable bonds is 4. The van der Waals surface area contributed by atoms with Crippen molar-refractivity contribution in [3.8, 4) is 0 Å². The zero-order valence-electron chi connectivity index (χ0n) is 12.0. The third kappa shape index (κ3) is 3.00. The maximum absolute atomic E-state index is 12.4. The van der Waals surface area contributed by atoms with Gasteiger partial charge in [0.1, 0.15) is 0 Å². The normalized spacial score (nSPS) is 22.7. The molecule has 2 aromatic rings. The first-order valence-electron chi connectivity index (χ1n) is 7.28. The van der Waals surface area contributed by atoms with Crippen LogP contribution in [0.4, 0.5) is 0 Å².